The molecule has 0 atom stereocenters. The van der Waals surface area contributed by atoms with Crippen molar-refractivity contribution in [1.29, 1.82) is 0 Å². The van der Waals surface area contributed by atoms with Gasteiger partial charge in [0, 0.05) is 25.5 Å². The number of likely N-dealkylation sites (tertiary alicyclic amines) is 1. The van der Waals surface area contributed by atoms with Gasteiger partial charge in [-0.3, -0.25) is 4.79 Å². The molecule has 2 aromatic heterocycles. The van der Waals surface area contributed by atoms with Gasteiger partial charge in [0.2, 0.25) is 0 Å². The van der Waals surface area contributed by atoms with Gasteiger partial charge in [-0.2, -0.15) is 11.3 Å². The quantitative estimate of drug-likeness (QED) is 0.853. The lowest BCUT2D eigenvalue weighted by molar-refractivity contribution is 0.0703. The summed E-state index contributed by atoms with van der Waals surface area (Å²) >= 11 is 1.68. The van der Waals surface area contributed by atoms with E-state index in [0.717, 1.165) is 19.1 Å². The number of pyridine rings is 1. The summed E-state index contributed by atoms with van der Waals surface area (Å²) in [6.07, 6.45) is 4.34. The number of thiophene rings is 1. The predicted molar refractivity (Wildman–Crippen MR) is 89.5 cm³/mol. The van der Waals surface area contributed by atoms with E-state index in [4.69, 9.17) is 0 Å². The molecule has 0 bridgehead atoms. The third-order valence-corrected chi connectivity index (χ3v) is 6.00. The van der Waals surface area contributed by atoms with Crippen LogP contribution < -0.4 is 0 Å². The molecule has 23 heavy (non-hydrogen) atoms. The lowest BCUT2D eigenvalue weighted by atomic mass is 9.91. The average molecular weight is 350 g/mol. The maximum Gasteiger partial charge on any atom is 0.273 e. The van der Waals surface area contributed by atoms with Gasteiger partial charge in [-0.05, 0) is 53.3 Å². The summed E-state index contributed by atoms with van der Waals surface area (Å²) in [4.78, 5) is 18.4. The molecule has 5 nitrogen and oxygen atoms in total. The molecule has 122 valence electrons. The lowest BCUT2D eigenvalue weighted by Gasteiger charge is -2.31. The summed E-state index contributed by atoms with van der Waals surface area (Å²) in [6, 6.07) is 5.11. The van der Waals surface area contributed by atoms with Gasteiger partial charge in [-0.1, -0.05) is 0 Å². The zero-order valence-electron chi connectivity index (χ0n) is 12.8. The first-order valence-electron chi connectivity index (χ1n) is 7.43. The molecule has 2 aromatic rings. The summed E-state index contributed by atoms with van der Waals surface area (Å²) in [5.41, 5.74) is 1.36. The molecule has 0 aliphatic carbocycles. The minimum atomic E-state index is -3.47. The van der Waals surface area contributed by atoms with Crippen molar-refractivity contribution in [1.82, 2.24) is 9.88 Å². The second-order valence-corrected chi connectivity index (χ2v) is 8.51. The molecule has 0 saturated carbocycles. The summed E-state index contributed by atoms with van der Waals surface area (Å²) in [7, 11) is -3.47. The number of carbonyl (C=O) groups excluding carboxylic acids is 1. The first-order chi connectivity index (χ1) is 11.0. The Morgan fingerprint density at radius 1 is 1.30 bits per heavy atom. The van der Waals surface area contributed by atoms with E-state index in [1.165, 1.54) is 23.9 Å². The van der Waals surface area contributed by atoms with Gasteiger partial charge in [-0.25, -0.2) is 13.4 Å². The number of carbonyl (C=O) groups is 1. The Hall–Kier alpha value is -1.73. The first-order valence-corrected chi connectivity index (χ1v) is 10.3. The molecule has 0 N–H and O–H groups in total. The lowest BCUT2D eigenvalue weighted by Crippen LogP contribution is -2.38. The van der Waals surface area contributed by atoms with Crippen LogP contribution in [0.4, 0.5) is 0 Å². The second kappa shape index (κ2) is 6.41. The first kappa shape index (κ1) is 16.1. The highest BCUT2D eigenvalue weighted by molar-refractivity contribution is 7.90. The normalized spacial score (nSPS) is 16.5. The zero-order chi connectivity index (χ0) is 16.4. The average Bonchev–Trinajstić information content (AvgIpc) is 3.08. The van der Waals surface area contributed by atoms with E-state index in [1.54, 1.807) is 16.2 Å². The fourth-order valence-corrected chi connectivity index (χ4v) is 4.48. The largest absolute Gasteiger partial charge is 0.337 e. The van der Waals surface area contributed by atoms with E-state index in [0.29, 0.717) is 19.0 Å². The molecule has 1 aliphatic rings. The fraction of sp³-hybridized carbons (Fsp3) is 0.375. The number of hydrogen-bond donors (Lipinski definition) is 0. The topological polar surface area (TPSA) is 67.3 Å². The van der Waals surface area contributed by atoms with Gasteiger partial charge in [0.25, 0.3) is 5.91 Å². The van der Waals surface area contributed by atoms with Crippen molar-refractivity contribution in [2.45, 2.75) is 23.7 Å². The van der Waals surface area contributed by atoms with Crippen LogP contribution in [0.25, 0.3) is 0 Å². The Labute approximate surface area is 139 Å². The maximum absolute atomic E-state index is 12.7. The Kier molecular flexibility index (Phi) is 4.50. The summed E-state index contributed by atoms with van der Waals surface area (Å²) in [5, 5.41) is 4.22. The Bertz CT molecular complexity index is 792. The Morgan fingerprint density at radius 2 is 2.04 bits per heavy atom. The van der Waals surface area contributed by atoms with Gasteiger partial charge >= 0.3 is 0 Å². The standard InChI is InChI=1S/C16H18N2O3S2/c1-23(20,21)14-3-2-7-17-15(14)16(19)18-8-4-12(5-9-18)13-6-10-22-11-13/h2-3,6-7,10-12H,4-5,8-9H2,1H3. The fourth-order valence-electron chi connectivity index (χ4n) is 2.92. The number of piperidine rings is 1. The van der Waals surface area contributed by atoms with E-state index < -0.39 is 9.84 Å². The molecule has 3 heterocycles. The molecule has 1 aliphatic heterocycles. The van der Waals surface area contributed by atoms with Crippen LogP contribution in [-0.4, -0.2) is 43.6 Å². The van der Waals surface area contributed by atoms with Crippen molar-refractivity contribution in [3.05, 3.63) is 46.4 Å². The number of nitrogens with zero attached hydrogens (tertiary/aromatic N) is 2. The second-order valence-electron chi connectivity index (χ2n) is 5.75. The van der Waals surface area contributed by atoms with E-state index in [1.807, 2.05) is 0 Å². The molecule has 0 radical (unpaired) electrons. The Morgan fingerprint density at radius 3 is 2.65 bits per heavy atom. The summed E-state index contributed by atoms with van der Waals surface area (Å²) in [5.74, 6) is 0.179. The van der Waals surface area contributed by atoms with E-state index in [-0.39, 0.29) is 16.5 Å². The molecule has 7 heteroatoms. The van der Waals surface area contributed by atoms with E-state index >= 15 is 0 Å². The van der Waals surface area contributed by atoms with Crippen molar-refractivity contribution in [2.24, 2.45) is 0 Å². The third-order valence-electron chi connectivity index (χ3n) is 4.17. The van der Waals surface area contributed by atoms with Crippen LogP contribution in [0.1, 0.15) is 34.8 Å². The molecule has 3 rings (SSSR count). The smallest absolute Gasteiger partial charge is 0.273 e. The highest BCUT2D eigenvalue weighted by Crippen LogP contribution is 2.30. The highest BCUT2D eigenvalue weighted by Gasteiger charge is 2.28. The zero-order valence-corrected chi connectivity index (χ0v) is 14.4. The number of aromatic nitrogens is 1. The van der Waals surface area contributed by atoms with Crippen molar-refractivity contribution >= 4 is 27.1 Å². The van der Waals surface area contributed by atoms with Crippen molar-refractivity contribution < 1.29 is 13.2 Å². The van der Waals surface area contributed by atoms with E-state index in [2.05, 4.69) is 21.8 Å². The van der Waals surface area contributed by atoms with Crippen molar-refractivity contribution in [3.63, 3.8) is 0 Å². The van der Waals surface area contributed by atoms with Crippen molar-refractivity contribution in [3.8, 4) is 0 Å². The van der Waals surface area contributed by atoms with Crippen LogP contribution in [0.15, 0.2) is 40.1 Å². The molecule has 0 spiro atoms. The maximum atomic E-state index is 12.7. The van der Waals surface area contributed by atoms with Gasteiger partial charge in [0.05, 0.1) is 4.90 Å². The van der Waals surface area contributed by atoms with Gasteiger partial charge < -0.3 is 4.90 Å². The number of amides is 1. The third kappa shape index (κ3) is 3.45. The van der Waals surface area contributed by atoms with Crippen LogP contribution in [0.3, 0.4) is 0 Å². The number of hydrogen-bond acceptors (Lipinski definition) is 5. The van der Waals surface area contributed by atoms with Crippen LogP contribution in [-0.2, 0) is 9.84 Å². The summed E-state index contributed by atoms with van der Waals surface area (Å²) in [6.45, 7) is 1.25. The predicted octanol–water partition coefficient (Wildman–Crippen LogP) is 2.57. The summed E-state index contributed by atoms with van der Waals surface area (Å²) < 4.78 is 23.7. The number of sulfone groups is 1. The molecule has 1 fully saturated rings. The molecule has 1 amide bonds. The number of rotatable bonds is 3. The van der Waals surface area contributed by atoms with Gasteiger partial charge in [0.15, 0.2) is 9.84 Å². The molecular formula is C16H18N2O3S2. The van der Waals surface area contributed by atoms with Crippen LogP contribution in [0.2, 0.25) is 0 Å². The van der Waals surface area contributed by atoms with E-state index in [9.17, 15) is 13.2 Å². The van der Waals surface area contributed by atoms with Gasteiger partial charge in [-0.15, -0.1) is 0 Å². The molecule has 1 saturated heterocycles. The monoisotopic (exact) mass is 350 g/mol. The van der Waals surface area contributed by atoms with Crippen LogP contribution in [0, 0.1) is 0 Å². The highest BCUT2D eigenvalue weighted by atomic mass is 32.2. The molecule has 0 unspecified atom stereocenters. The van der Waals surface area contributed by atoms with Crippen LogP contribution >= 0.6 is 11.3 Å². The Balaban J connectivity index is 1.76. The molecular weight excluding hydrogens is 332 g/mol. The molecule has 0 aromatic carbocycles. The minimum absolute atomic E-state index is 0.00459. The minimum Gasteiger partial charge on any atom is -0.337 e. The van der Waals surface area contributed by atoms with Crippen LogP contribution in [0.5, 0.6) is 0 Å². The van der Waals surface area contributed by atoms with Crippen molar-refractivity contribution in [2.75, 3.05) is 19.3 Å². The van der Waals surface area contributed by atoms with Gasteiger partial charge in [0.1, 0.15) is 5.69 Å². The SMILES string of the molecule is CS(=O)(=O)c1cccnc1C(=O)N1CCC(c2ccsc2)CC1.